The van der Waals surface area contributed by atoms with E-state index < -0.39 is 0 Å². The summed E-state index contributed by atoms with van der Waals surface area (Å²) in [6, 6.07) is 3.67. The van der Waals surface area contributed by atoms with E-state index in [0.29, 0.717) is 17.4 Å². The highest BCUT2D eigenvalue weighted by molar-refractivity contribution is 7.19. The Kier molecular flexibility index (Phi) is 4.65. The molecule has 0 aliphatic rings. The molecule has 106 valence electrons. The Bertz CT molecular complexity index is 582. The minimum absolute atomic E-state index is 0.202. The zero-order chi connectivity index (χ0) is 14.5. The van der Waals surface area contributed by atoms with Gasteiger partial charge in [-0.1, -0.05) is 11.3 Å². The first kappa shape index (κ1) is 14.4. The standard InChI is InChI=1S/C13H17N5OS/c1-18(2)8-7-16-12(19)10-11(20-13(14)17-10)9-3-5-15-6-4-9/h3-6H,7-8H2,1-2H3,(H2,14,17)(H,16,19). The molecule has 0 saturated heterocycles. The van der Waals surface area contributed by atoms with Crippen molar-refractivity contribution in [2.24, 2.45) is 0 Å². The first-order chi connectivity index (χ1) is 9.58. The fraction of sp³-hybridized carbons (Fsp3) is 0.308. The molecule has 0 saturated carbocycles. The summed E-state index contributed by atoms with van der Waals surface area (Å²) < 4.78 is 0. The minimum Gasteiger partial charge on any atom is -0.375 e. The number of carbonyl (C=O) groups is 1. The Morgan fingerprint density at radius 2 is 2.10 bits per heavy atom. The minimum atomic E-state index is -0.202. The van der Waals surface area contributed by atoms with E-state index in [2.05, 4.69) is 15.3 Å². The molecule has 2 aromatic rings. The van der Waals surface area contributed by atoms with Crippen LogP contribution in [0.4, 0.5) is 5.13 Å². The third kappa shape index (κ3) is 3.52. The van der Waals surface area contributed by atoms with Gasteiger partial charge >= 0.3 is 0 Å². The molecule has 0 aromatic carbocycles. The van der Waals surface area contributed by atoms with Gasteiger partial charge in [0, 0.05) is 25.5 Å². The van der Waals surface area contributed by atoms with Gasteiger partial charge in [-0.2, -0.15) is 0 Å². The zero-order valence-electron chi connectivity index (χ0n) is 11.5. The van der Waals surface area contributed by atoms with Gasteiger partial charge in [0.15, 0.2) is 5.13 Å². The lowest BCUT2D eigenvalue weighted by atomic mass is 10.2. The van der Waals surface area contributed by atoms with Crippen LogP contribution in [-0.4, -0.2) is 48.0 Å². The van der Waals surface area contributed by atoms with Crippen molar-refractivity contribution < 1.29 is 4.79 Å². The number of thiazole rings is 1. The summed E-state index contributed by atoms with van der Waals surface area (Å²) >= 11 is 1.30. The van der Waals surface area contributed by atoms with E-state index >= 15 is 0 Å². The number of anilines is 1. The van der Waals surface area contributed by atoms with Crippen molar-refractivity contribution in [1.29, 1.82) is 0 Å². The fourth-order valence-electron chi connectivity index (χ4n) is 1.67. The molecule has 1 amide bonds. The number of nitrogens with one attached hydrogen (secondary N) is 1. The van der Waals surface area contributed by atoms with Crippen LogP contribution in [0.1, 0.15) is 10.5 Å². The van der Waals surface area contributed by atoms with Gasteiger partial charge in [0.05, 0.1) is 4.88 Å². The van der Waals surface area contributed by atoms with Crippen molar-refractivity contribution in [2.45, 2.75) is 0 Å². The molecule has 0 aliphatic carbocycles. The second-order valence-electron chi connectivity index (χ2n) is 4.52. The number of hydrogen-bond acceptors (Lipinski definition) is 6. The highest BCUT2D eigenvalue weighted by Crippen LogP contribution is 2.31. The Labute approximate surface area is 121 Å². The van der Waals surface area contributed by atoms with Crippen molar-refractivity contribution in [3.8, 4) is 10.4 Å². The molecule has 0 spiro atoms. The number of pyridine rings is 1. The Morgan fingerprint density at radius 3 is 2.75 bits per heavy atom. The lowest BCUT2D eigenvalue weighted by Gasteiger charge is -2.10. The molecule has 6 nitrogen and oxygen atoms in total. The number of aromatic nitrogens is 2. The van der Waals surface area contributed by atoms with Crippen molar-refractivity contribution in [3.63, 3.8) is 0 Å². The van der Waals surface area contributed by atoms with Crippen LogP contribution in [0.25, 0.3) is 10.4 Å². The molecule has 0 atom stereocenters. The average molecular weight is 291 g/mol. The second kappa shape index (κ2) is 6.44. The zero-order valence-corrected chi connectivity index (χ0v) is 12.3. The number of nitrogens with zero attached hydrogens (tertiary/aromatic N) is 3. The first-order valence-electron chi connectivity index (χ1n) is 6.17. The van der Waals surface area contributed by atoms with E-state index in [1.54, 1.807) is 12.4 Å². The Hall–Kier alpha value is -1.99. The maximum atomic E-state index is 12.2. The van der Waals surface area contributed by atoms with Crippen molar-refractivity contribution >= 4 is 22.4 Å². The van der Waals surface area contributed by atoms with Crippen LogP contribution in [0.5, 0.6) is 0 Å². The largest absolute Gasteiger partial charge is 0.375 e. The van der Waals surface area contributed by atoms with Crippen molar-refractivity contribution in [3.05, 3.63) is 30.2 Å². The molecule has 7 heteroatoms. The molecule has 2 aromatic heterocycles. The monoisotopic (exact) mass is 291 g/mol. The first-order valence-corrected chi connectivity index (χ1v) is 6.99. The van der Waals surface area contributed by atoms with E-state index in [1.165, 1.54) is 11.3 Å². The van der Waals surface area contributed by atoms with E-state index in [0.717, 1.165) is 17.0 Å². The van der Waals surface area contributed by atoms with Gasteiger partial charge < -0.3 is 16.0 Å². The molecule has 0 fully saturated rings. The predicted octanol–water partition coefficient (Wildman–Crippen LogP) is 1.08. The molecular weight excluding hydrogens is 274 g/mol. The summed E-state index contributed by atoms with van der Waals surface area (Å²) in [5.41, 5.74) is 7.00. The van der Waals surface area contributed by atoms with Gasteiger partial charge in [0.1, 0.15) is 5.69 Å². The Morgan fingerprint density at radius 1 is 1.40 bits per heavy atom. The van der Waals surface area contributed by atoms with E-state index in [1.807, 2.05) is 31.1 Å². The topological polar surface area (TPSA) is 84.1 Å². The molecule has 2 heterocycles. The van der Waals surface area contributed by atoms with E-state index in [4.69, 9.17) is 5.73 Å². The summed E-state index contributed by atoms with van der Waals surface area (Å²) in [6.45, 7) is 1.34. The molecule has 0 bridgehead atoms. The van der Waals surface area contributed by atoms with E-state index in [9.17, 15) is 4.79 Å². The van der Waals surface area contributed by atoms with Crippen LogP contribution in [0.2, 0.25) is 0 Å². The van der Waals surface area contributed by atoms with Crippen molar-refractivity contribution in [1.82, 2.24) is 20.2 Å². The molecule has 2 rings (SSSR count). The number of nitrogens with two attached hydrogens (primary N) is 1. The molecule has 0 aliphatic heterocycles. The summed E-state index contributed by atoms with van der Waals surface area (Å²) in [5.74, 6) is -0.202. The van der Waals surface area contributed by atoms with Gasteiger partial charge in [0.2, 0.25) is 0 Å². The Balaban J connectivity index is 2.18. The smallest absolute Gasteiger partial charge is 0.271 e. The molecule has 0 unspecified atom stereocenters. The van der Waals surface area contributed by atoms with Gasteiger partial charge in [-0.25, -0.2) is 4.98 Å². The second-order valence-corrected chi connectivity index (χ2v) is 5.56. The van der Waals surface area contributed by atoms with Gasteiger partial charge in [-0.05, 0) is 31.8 Å². The van der Waals surface area contributed by atoms with Crippen LogP contribution >= 0.6 is 11.3 Å². The van der Waals surface area contributed by atoms with Crippen LogP contribution in [0.3, 0.4) is 0 Å². The maximum Gasteiger partial charge on any atom is 0.271 e. The summed E-state index contributed by atoms with van der Waals surface area (Å²) in [4.78, 5) is 23.1. The summed E-state index contributed by atoms with van der Waals surface area (Å²) in [5, 5.41) is 3.23. The summed E-state index contributed by atoms with van der Waals surface area (Å²) in [6.07, 6.45) is 3.36. The molecule has 3 N–H and O–H groups in total. The number of likely N-dealkylation sites (N-methyl/N-ethyl adjacent to an activating group) is 1. The fourth-order valence-corrected chi connectivity index (χ4v) is 2.50. The number of nitrogen functional groups attached to an aromatic ring is 1. The van der Waals surface area contributed by atoms with Gasteiger partial charge in [-0.15, -0.1) is 0 Å². The lowest BCUT2D eigenvalue weighted by Crippen LogP contribution is -2.31. The van der Waals surface area contributed by atoms with Crippen molar-refractivity contribution in [2.75, 3.05) is 32.9 Å². The van der Waals surface area contributed by atoms with Gasteiger partial charge in [0.25, 0.3) is 5.91 Å². The molecule has 0 radical (unpaired) electrons. The predicted molar refractivity (Wildman–Crippen MR) is 80.6 cm³/mol. The molecule has 20 heavy (non-hydrogen) atoms. The quantitative estimate of drug-likeness (QED) is 0.861. The number of rotatable bonds is 5. The van der Waals surface area contributed by atoms with Crippen LogP contribution < -0.4 is 11.1 Å². The molecular formula is C13H17N5OS. The van der Waals surface area contributed by atoms with Crippen LogP contribution in [-0.2, 0) is 0 Å². The maximum absolute atomic E-state index is 12.2. The SMILES string of the molecule is CN(C)CCNC(=O)c1nc(N)sc1-c1ccncc1. The third-order valence-corrected chi connectivity index (χ3v) is 3.58. The number of amides is 1. The van der Waals surface area contributed by atoms with Gasteiger partial charge in [-0.3, -0.25) is 9.78 Å². The third-order valence-electron chi connectivity index (χ3n) is 2.65. The summed E-state index contributed by atoms with van der Waals surface area (Å²) in [7, 11) is 3.91. The number of hydrogen-bond donors (Lipinski definition) is 2. The average Bonchev–Trinajstić information content (AvgIpc) is 2.81. The lowest BCUT2D eigenvalue weighted by molar-refractivity contribution is 0.0947. The normalized spacial score (nSPS) is 10.8. The number of carbonyl (C=O) groups excluding carboxylic acids is 1. The van der Waals surface area contributed by atoms with Crippen LogP contribution in [0.15, 0.2) is 24.5 Å². The van der Waals surface area contributed by atoms with E-state index in [-0.39, 0.29) is 5.91 Å². The highest BCUT2D eigenvalue weighted by atomic mass is 32.1. The highest BCUT2D eigenvalue weighted by Gasteiger charge is 2.18. The van der Waals surface area contributed by atoms with Crippen LogP contribution in [0, 0.1) is 0 Å².